The van der Waals surface area contributed by atoms with Gasteiger partial charge in [-0.05, 0) is 42.4 Å². The molecule has 0 unspecified atom stereocenters. The first-order chi connectivity index (χ1) is 9.63. The van der Waals surface area contributed by atoms with Crippen LogP contribution in [0.15, 0.2) is 36.5 Å². The van der Waals surface area contributed by atoms with Gasteiger partial charge in [0.2, 0.25) is 0 Å². The maximum Gasteiger partial charge on any atom is 0.277 e. The highest BCUT2D eigenvalue weighted by atomic mass is 19.1. The van der Waals surface area contributed by atoms with E-state index in [1.54, 1.807) is 0 Å². The quantitative estimate of drug-likeness (QED) is 0.912. The summed E-state index contributed by atoms with van der Waals surface area (Å²) in [6, 6.07) is 8.43. The van der Waals surface area contributed by atoms with E-state index in [9.17, 15) is 9.18 Å². The van der Waals surface area contributed by atoms with Gasteiger partial charge in [0.25, 0.3) is 5.91 Å². The molecule has 1 amide bonds. The van der Waals surface area contributed by atoms with Crippen LogP contribution in [0, 0.1) is 5.82 Å². The lowest BCUT2D eigenvalue weighted by molar-refractivity contribution is 0.101. The number of fused-ring (bicyclic) bond motifs is 1. The summed E-state index contributed by atoms with van der Waals surface area (Å²) in [5, 5.41) is 2.68. The second-order valence-electron chi connectivity index (χ2n) is 4.94. The van der Waals surface area contributed by atoms with Crippen molar-refractivity contribution in [2.75, 3.05) is 12.4 Å². The number of nitrogens with zero attached hydrogens (tertiary/aromatic N) is 2. The number of anilines is 1. The standard InChI is InChI=1S/C15H14FN3O/c1-19-8-10-4-5-12(7-11(10)9-19)18-15(20)14-13(16)3-2-6-17-14/h2-7H,8-9H2,1H3,(H,18,20). The van der Waals surface area contributed by atoms with Crippen LogP contribution in [0.1, 0.15) is 21.6 Å². The van der Waals surface area contributed by atoms with Gasteiger partial charge in [0.1, 0.15) is 0 Å². The van der Waals surface area contributed by atoms with Gasteiger partial charge in [0.05, 0.1) is 0 Å². The van der Waals surface area contributed by atoms with Gasteiger partial charge in [-0.15, -0.1) is 0 Å². The van der Waals surface area contributed by atoms with E-state index in [-0.39, 0.29) is 5.69 Å². The van der Waals surface area contributed by atoms with E-state index in [1.807, 2.05) is 25.2 Å². The predicted molar refractivity (Wildman–Crippen MR) is 73.8 cm³/mol. The molecule has 0 spiro atoms. The summed E-state index contributed by atoms with van der Waals surface area (Å²) < 4.78 is 13.5. The number of carbonyl (C=O) groups excluding carboxylic acids is 1. The molecule has 2 aromatic rings. The number of nitrogens with one attached hydrogen (secondary N) is 1. The van der Waals surface area contributed by atoms with E-state index < -0.39 is 11.7 Å². The van der Waals surface area contributed by atoms with Gasteiger partial charge in [0.15, 0.2) is 11.5 Å². The molecule has 2 heterocycles. The molecule has 102 valence electrons. The first-order valence-corrected chi connectivity index (χ1v) is 6.36. The van der Waals surface area contributed by atoms with Crippen molar-refractivity contribution in [3.63, 3.8) is 0 Å². The summed E-state index contributed by atoms with van der Waals surface area (Å²) >= 11 is 0. The van der Waals surface area contributed by atoms with Crippen LogP contribution in [0.2, 0.25) is 0 Å². The SMILES string of the molecule is CN1Cc2ccc(NC(=O)c3ncccc3F)cc2C1. The average molecular weight is 271 g/mol. The van der Waals surface area contributed by atoms with Crippen molar-refractivity contribution in [3.05, 3.63) is 59.2 Å². The van der Waals surface area contributed by atoms with Crippen LogP contribution in [0.25, 0.3) is 0 Å². The Balaban J connectivity index is 1.81. The Hall–Kier alpha value is -2.27. The molecule has 3 rings (SSSR count). The Morgan fingerprint density at radius 2 is 2.10 bits per heavy atom. The van der Waals surface area contributed by atoms with Crippen molar-refractivity contribution in [2.45, 2.75) is 13.1 Å². The third kappa shape index (κ3) is 2.40. The zero-order valence-electron chi connectivity index (χ0n) is 11.1. The van der Waals surface area contributed by atoms with Gasteiger partial charge in [-0.1, -0.05) is 6.07 Å². The highest BCUT2D eigenvalue weighted by molar-refractivity contribution is 6.03. The van der Waals surface area contributed by atoms with E-state index in [0.717, 1.165) is 13.1 Å². The Bertz CT molecular complexity index is 672. The number of benzene rings is 1. The molecule has 0 radical (unpaired) electrons. The lowest BCUT2D eigenvalue weighted by Crippen LogP contribution is -2.15. The third-order valence-electron chi connectivity index (χ3n) is 3.32. The van der Waals surface area contributed by atoms with Crippen molar-refractivity contribution < 1.29 is 9.18 Å². The van der Waals surface area contributed by atoms with Crippen LogP contribution < -0.4 is 5.32 Å². The molecule has 0 bridgehead atoms. The minimum Gasteiger partial charge on any atom is -0.321 e. The minimum atomic E-state index is -0.620. The molecule has 0 fully saturated rings. The van der Waals surface area contributed by atoms with E-state index in [2.05, 4.69) is 15.2 Å². The molecule has 1 aliphatic rings. The monoisotopic (exact) mass is 271 g/mol. The van der Waals surface area contributed by atoms with Crippen LogP contribution >= 0.6 is 0 Å². The van der Waals surface area contributed by atoms with Gasteiger partial charge >= 0.3 is 0 Å². The fraction of sp³-hybridized carbons (Fsp3) is 0.200. The van der Waals surface area contributed by atoms with Gasteiger partial charge in [0, 0.05) is 25.0 Å². The molecule has 4 nitrogen and oxygen atoms in total. The molecule has 20 heavy (non-hydrogen) atoms. The number of carbonyl (C=O) groups is 1. The Morgan fingerprint density at radius 1 is 1.30 bits per heavy atom. The molecule has 0 saturated carbocycles. The first-order valence-electron chi connectivity index (χ1n) is 6.36. The molecule has 1 N–H and O–H groups in total. The molecule has 1 aromatic heterocycles. The number of amides is 1. The second-order valence-corrected chi connectivity index (χ2v) is 4.94. The van der Waals surface area contributed by atoms with Gasteiger partial charge in [-0.3, -0.25) is 9.69 Å². The topological polar surface area (TPSA) is 45.2 Å². The maximum absolute atomic E-state index is 13.5. The Kier molecular flexibility index (Phi) is 3.20. The number of aromatic nitrogens is 1. The molecular weight excluding hydrogens is 257 g/mol. The predicted octanol–water partition coefficient (Wildman–Crippen LogP) is 2.42. The number of rotatable bonds is 2. The summed E-state index contributed by atoms with van der Waals surface area (Å²) in [4.78, 5) is 17.9. The summed E-state index contributed by atoms with van der Waals surface area (Å²) in [5.41, 5.74) is 2.92. The van der Waals surface area contributed by atoms with Crippen molar-refractivity contribution in [3.8, 4) is 0 Å². The fourth-order valence-electron chi connectivity index (χ4n) is 2.39. The zero-order valence-corrected chi connectivity index (χ0v) is 11.1. The minimum absolute atomic E-state index is 0.190. The van der Waals surface area contributed by atoms with Gasteiger partial charge < -0.3 is 5.32 Å². The van der Waals surface area contributed by atoms with Crippen molar-refractivity contribution in [1.82, 2.24) is 9.88 Å². The number of pyridine rings is 1. The zero-order chi connectivity index (χ0) is 14.1. The second kappa shape index (κ2) is 5.02. The average Bonchev–Trinajstić information content (AvgIpc) is 2.78. The van der Waals surface area contributed by atoms with E-state index in [1.165, 1.54) is 29.5 Å². The molecule has 0 atom stereocenters. The molecule has 0 saturated heterocycles. The summed E-state index contributed by atoms with van der Waals surface area (Å²) in [5.74, 6) is -1.15. The molecule has 1 aromatic carbocycles. The van der Waals surface area contributed by atoms with Crippen LogP contribution in [0.4, 0.5) is 10.1 Å². The number of halogens is 1. The number of hydrogen-bond acceptors (Lipinski definition) is 3. The molecule has 0 aliphatic carbocycles. The first kappa shape index (κ1) is 12.7. The molecule has 5 heteroatoms. The lowest BCUT2D eigenvalue weighted by Gasteiger charge is -2.07. The maximum atomic E-state index is 13.5. The smallest absolute Gasteiger partial charge is 0.277 e. The normalized spacial score (nSPS) is 14.1. The van der Waals surface area contributed by atoms with Gasteiger partial charge in [-0.25, -0.2) is 9.37 Å². The Morgan fingerprint density at radius 3 is 2.90 bits per heavy atom. The van der Waals surface area contributed by atoms with Crippen LogP contribution in [-0.4, -0.2) is 22.8 Å². The van der Waals surface area contributed by atoms with Crippen molar-refractivity contribution >= 4 is 11.6 Å². The number of hydrogen-bond donors (Lipinski definition) is 1. The molecule has 1 aliphatic heterocycles. The van der Waals surface area contributed by atoms with Gasteiger partial charge in [-0.2, -0.15) is 0 Å². The van der Waals surface area contributed by atoms with E-state index >= 15 is 0 Å². The summed E-state index contributed by atoms with van der Waals surface area (Å²) in [6.07, 6.45) is 1.40. The highest BCUT2D eigenvalue weighted by Crippen LogP contribution is 2.24. The van der Waals surface area contributed by atoms with Crippen molar-refractivity contribution in [2.24, 2.45) is 0 Å². The van der Waals surface area contributed by atoms with Crippen LogP contribution in [-0.2, 0) is 13.1 Å². The summed E-state index contributed by atoms with van der Waals surface area (Å²) in [6.45, 7) is 1.77. The lowest BCUT2D eigenvalue weighted by atomic mass is 10.1. The van der Waals surface area contributed by atoms with Crippen LogP contribution in [0.3, 0.4) is 0 Å². The summed E-state index contributed by atoms with van der Waals surface area (Å²) in [7, 11) is 2.04. The third-order valence-corrected chi connectivity index (χ3v) is 3.32. The van der Waals surface area contributed by atoms with E-state index in [4.69, 9.17) is 0 Å². The largest absolute Gasteiger partial charge is 0.321 e. The van der Waals surface area contributed by atoms with Crippen LogP contribution in [0.5, 0.6) is 0 Å². The molecular formula is C15H14FN3O. The van der Waals surface area contributed by atoms with E-state index in [0.29, 0.717) is 5.69 Å². The highest BCUT2D eigenvalue weighted by Gasteiger charge is 2.17. The Labute approximate surface area is 116 Å². The van der Waals surface area contributed by atoms with Crippen molar-refractivity contribution in [1.29, 1.82) is 0 Å². The fourth-order valence-corrected chi connectivity index (χ4v) is 2.39.